The van der Waals surface area contributed by atoms with Gasteiger partial charge in [-0.15, -0.1) is 0 Å². The van der Waals surface area contributed by atoms with Crippen molar-refractivity contribution >= 4 is 11.9 Å². The molecular weight excluding hydrogens is 251 g/mol. The molecule has 1 N–H and O–H groups in total. The molecular formula is C13H15FN2O3. The summed E-state index contributed by atoms with van der Waals surface area (Å²) in [4.78, 5) is 28.7. The third-order valence-corrected chi connectivity index (χ3v) is 3.72. The number of pyridine rings is 1. The maximum Gasteiger partial charge on any atom is 0.329 e. The maximum absolute atomic E-state index is 13.6. The van der Waals surface area contributed by atoms with Crippen molar-refractivity contribution in [1.82, 2.24) is 9.88 Å². The number of carboxylic acid groups (broad SMARTS) is 1. The van der Waals surface area contributed by atoms with Crippen molar-refractivity contribution < 1.29 is 19.1 Å². The largest absolute Gasteiger partial charge is 0.479 e. The Bertz CT molecular complexity index is 520. The summed E-state index contributed by atoms with van der Waals surface area (Å²) in [6.45, 7) is 2.06. The number of rotatable bonds is 3. The average molecular weight is 266 g/mol. The van der Waals surface area contributed by atoms with Crippen LogP contribution in [0.1, 0.15) is 36.5 Å². The first-order valence-corrected chi connectivity index (χ1v) is 6.18. The number of likely N-dealkylation sites (tertiary alicyclic amines) is 1. The van der Waals surface area contributed by atoms with Gasteiger partial charge in [-0.1, -0.05) is 6.92 Å². The lowest BCUT2D eigenvalue weighted by Crippen LogP contribution is -2.52. The second kappa shape index (κ2) is 4.95. The van der Waals surface area contributed by atoms with Crippen LogP contribution in [0.25, 0.3) is 0 Å². The highest BCUT2D eigenvalue weighted by Crippen LogP contribution is 2.34. The van der Waals surface area contributed by atoms with E-state index in [1.165, 1.54) is 17.2 Å². The molecule has 0 saturated carbocycles. The van der Waals surface area contributed by atoms with Gasteiger partial charge >= 0.3 is 5.97 Å². The first-order chi connectivity index (χ1) is 9.03. The van der Waals surface area contributed by atoms with Crippen molar-refractivity contribution in [2.45, 2.75) is 31.7 Å². The summed E-state index contributed by atoms with van der Waals surface area (Å²) < 4.78 is 13.6. The van der Waals surface area contributed by atoms with Crippen molar-refractivity contribution in [1.29, 1.82) is 0 Å². The zero-order chi connectivity index (χ0) is 14.0. The Morgan fingerprint density at radius 3 is 2.89 bits per heavy atom. The highest BCUT2D eigenvalue weighted by Gasteiger charge is 2.48. The molecule has 5 nitrogen and oxygen atoms in total. The van der Waals surface area contributed by atoms with Gasteiger partial charge in [-0.3, -0.25) is 9.78 Å². The average Bonchev–Trinajstić information content (AvgIpc) is 2.83. The van der Waals surface area contributed by atoms with Gasteiger partial charge in [-0.05, 0) is 25.3 Å². The van der Waals surface area contributed by atoms with Crippen LogP contribution < -0.4 is 0 Å². The van der Waals surface area contributed by atoms with Gasteiger partial charge < -0.3 is 10.0 Å². The van der Waals surface area contributed by atoms with E-state index in [1.807, 2.05) is 0 Å². The minimum absolute atomic E-state index is 0.129. The fourth-order valence-corrected chi connectivity index (χ4v) is 2.61. The molecule has 1 aliphatic heterocycles. The van der Waals surface area contributed by atoms with E-state index in [4.69, 9.17) is 0 Å². The van der Waals surface area contributed by atoms with Crippen LogP contribution in [0.2, 0.25) is 0 Å². The molecule has 0 spiro atoms. The van der Waals surface area contributed by atoms with E-state index in [1.54, 1.807) is 6.92 Å². The zero-order valence-electron chi connectivity index (χ0n) is 10.6. The van der Waals surface area contributed by atoms with Crippen molar-refractivity contribution in [3.63, 3.8) is 0 Å². The van der Waals surface area contributed by atoms with Crippen LogP contribution in [0.15, 0.2) is 18.5 Å². The number of aromatic nitrogens is 1. The predicted molar refractivity (Wildman–Crippen MR) is 65.1 cm³/mol. The highest BCUT2D eigenvalue weighted by molar-refractivity contribution is 5.98. The standard InChI is InChI=1S/C13H15FN2O3/c1-2-13(12(18)19)5-3-7-16(13)11(17)9-4-6-15-8-10(9)14/h4,6,8H,2-3,5,7H2,1H3,(H,18,19). The maximum atomic E-state index is 13.6. The van der Waals surface area contributed by atoms with Gasteiger partial charge in [-0.25, -0.2) is 9.18 Å². The number of halogens is 1. The molecule has 0 bridgehead atoms. The Morgan fingerprint density at radius 1 is 1.58 bits per heavy atom. The van der Waals surface area contributed by atoms with Gasteiger partial charge in [0.15, 0.2) is 5.82 Å². The minimum atomic E-state index is -1.22. The number of carboxylic acids is 1. The summed E-state index contributed by atoms with van der Waals surface area (Å²) in [6, 6.07) is 1.28. The fourth-order valence-electron chi connectivity index (χ4n) is 2.61. The van der Waals surface area contributed by atoms with Gasteiger partial charge in [0, 0.05) is 12.7 Å². The quantitative estimate of drug-likeness (QED) is 0.903. The molecule has 1 saturated heterocycles. The topological polar surface area (TPSA) is 70.5 Å². The van der Waals surface area contributed by atoms with Crippen LogP contribution in [0.5, 0.6) is 0 Å². The summed E-state index contributed by atoms with van der Waals surface area (Å²) in [5.74, 6) is -2.34. The summed E-state index contributed by atoms with van der Waals surface area (Å²) >= 11 is 0. The number of aliphatic carboxylic acids is 1. The molecule has 102 valence electrons. The van der Waals surface area contributed by atoms with Crippen LogP contribution in [0.3, 0.4) is 0 Å². The minimum Gasteiger partial charge on any atom is -0.479 e. The Balaban J connectivity index is 2.38. The van der Waals surface area contributed by atoms with E-state index in [9.17, 15) is 19.1 Å². The molecule has 1 unspecified atom stereocenters. The van der Waals surface area contributed by atoms with E-state index < -0.39 is 23.2 Å². The third-order valence-electron chi connectivity index (χ3n) is 3.72. The molecule has 1 aliphatic rings. The van der Waals surface area contributed by atoms with Crippen LogP contribution in [0.4, 0.5) is 4.39 Å². The summed E-state index contributed by atoms with van der Waals surface area (Å²) in [7, 11) is 0. The Labute approximate surface area is 110 Å². The summed E-state index contributed by atoms with van der Waals surface area (Å²) in [6.07, 6.45) is 3.59. The van der Waals surface area contributed by atoms with Gasteiger partial charge in [0.1, 0.15) is 5.54 Å². The molecule has 19 heavy (non-hydrogen) atoms. The number of carbonyl (C=O) groups is 2. The Kier molecular flexibility index (Phi) is 3.50. The number of hydrogen-bond acceptors (Lipinski definition) is 3. The second-order valence-electron chi connectivity index (χ2n) is 4.61. The van der Waals surface area contributed by atoms with Crippen molar-refractivity contribution in [3.05, 3.63) is 29.8 Å². The van der Waals surface area contributed by atoms with E-state index in [0.29, 0.717) is 25.8 Å². The third kappa shape index (κ3) is 2.07. The van der Waals surface area contributed by atoms with Crippen molar-refractivity contribution in [2.24, 2.45) is 0 Å². The lowest BCUT2D eigenvalue weighted by molar-refractivity contribution is -0.148. The Morgan fingerprint density at radius 2 is 2.32 bits per heavy atom. The molecule has 0 radical (unpaired) electrons. The van der Waals surface area contributed by atoms with E-state index >= 15 is 0 Å². The molecule has 1 aromatic heterocycles. The first kappa shape index (κ1) is 13.5. The second-order valence-corrected chi connectivity index (χ2v) is 4.61. The number of nitrogens with zero attached hydrogens (tertiary/aromatic N) is 2. The summed E-state index contributed by atoms with van der Waals surface area (Å²) in [5.41, 5.74) is -1.34. The van der Waals surface area contributed by atoms with Crippen molar-refractivity contribution in [3.8, 4) is 0 Å². The summed E-state index contributed by atoms with van der Waals surface area (Å²) in [5, 5.41) is 9.40. The molecule has 1 atom stereocenters. The zero-order valence-corrected chi connectivity index (χ0v) is 10.6. The SMILES string of the molecule is CCC1(C(=O)O)CCCN1C(=O)c1ccncc1F. The van der Waals surface area contributed by atoms with Gasteiger partial charge in [-0.2, -0.15) is 0 Å². The molecule has 2 heterocycles. The van der Waals surface area contributed by atoms with Crippen LogP contribution >= 0.6 is 0 Å². The number of carbonyl (C=O) groups excluding carboxylic acids is 1. The molecule has 0 aromatic carbocycles. The van der Waals surface area contributed by atoms with Crippen LogP contribution in [0, 0.1) is 5.82 Å². The lowest BCUT2D eigenvalue weighted by Gasteiger charge is -2.33. The van der Waals surface area contributed by atoms with Gasteiger partial charge in [0.05, 0.1) is 11.8 Å². The van der Waals surface area contributed by atoms with Crippen molar-refractivity contribution in [2.75, 3.05) is 6.54 Å². The molecule has 2 rings (SSSR count). The van der Waals surface area contributed by atoms with E-state index in [-0.39, 0.29) is 5.56 Å². The normalized spacial score (nSPS) is 22.5. The molecule has 6 heteroatoms. The highest BCUT2D eigenvalue weighted by atomic mass is 19.1. The monoisotopic (exact) mass is 266 g/mol. The van der Waals surface area contributed by atoms with Gasteiger partial charge in [0.25, 0.3) is 5.91 Å². The van der Waals surface area contributed by atoms with E-state index in [0.717, 1.165) is 6.20 Å². The predicted octanol–water partition coefficient (Wildman–Crippen LogP) is 1.69. The lowest BCUT2D eigenvalue weighted by atomic mass is 9.92. The Hall–Kier alpha value is -1.98. The fraction of sp³-hybridized carbons (Fsp3) is 0.462. The molecule has 1 aromatic rings. The van der Waals surface area contributed by atoms with Crippen LogP contribution in [-0.2, 0) is 4.79 Å². The molecule has 1 fully saturated rings. The van der Waals surface area contributed by atoms with Gasteiger partial charge in [0.2, 0.25) is 0 Å². The molecule has 0 aliphatic carbocycles. The number of amides is 1. The number of hydrogen-bond donors (Lipinski definition) is 1. The smallest absolute Gasteiger partial charge is 0.329 e. The first-order valence-electron chi connectivity index (χ1n) is 6.18. The van der Waals surface area contributed by atoms with Crippen LogP contribution in [-0.4, -0.2) is 39.0 Å². The van der Waals surface area contributed by atoms with E-state index in [2.05, 4.69) is 4.98 Å². The molecule has 1 amide bonds.